The van der Waals surface area contributed by atoms with E-state index in [1.54, 1.807) is 22.7 Å². The van der Waals surface area contributed by atoms with Crippen LogP contribution in [0, 0.1) is 0 Å². The van der Waals surface area contributed by atoms with Gasteiger partial charge in [0.2, 0.25) is 5.95 Å². The van der Waals surface area contributed by atoms with Gasteiger partial charge in [0, 0.05) is 0 Å². The van der Waals surface area contributed by atoms with Crippen molar-refractivity contribution in [1.29, 1.82) is 0 Å². The van der Waals surface area contributed by atoms with Crippen molar-refractivity contribution in [2.45, 2.75) is 0 Å². The maximum absolute atomic E-state index is 9.07. The number of nitrogens with two attached hydrogens (primary N) is 1. The number of fused-ring (bicyclic) bond motifs is 1. The quantitative estimate of drug-likeness (QED) is 0.577. The highest BCUT2D eigenvalue weighted by Crippen LogP contribution is 2.13. The van der Waals surface area contributed by atoms with Gasteiger partial charge in [-0.25, -0.2) is 4.98 Å². The fourth-order valence-electron chi connectivity index (χ4n) is 0.999. The van der Waals surface area contributed by atoms with Gasteiger partial charge in [0.1, 0.15) is 5.75 Å². The Morgan fingerprint density at radius 3 is 3.09 bits per heavy atom. The van der Waals surface area contributed by atoms with Crippen LogP contribution in [-0.2, 0) is 0 Å². The van der Waals surface area contributed by atoms with Gasteiger partial charge in [-0.2, -0.15) is 0 Å². The van der Waals surface area contributed by atoms with E-state index in [2.05, 4.69) is 4.98 Å². The molecule has 3 N–H and O–H groups in total. The number of aromatic hydroxyl groups is 1. The van der Waals surface area contributed by atoms with E-state index in [1.165, 1.54) is 6.20 Å². The Balaban J connectivity index is 2.87. The van der Waals surface area contributed by atoms with Crippen molar-refractivity contribution in [3.05, 3.63) is 24.5 Å². The molecule has 0 bridgehead atoms. The fourth-order valence-corrected chi connectivity index (χ4v) is 0.999. The lowest BCUT2D eigenvalue weighted by atomic mass is 10.4. The van der Waals surface area contributed by atoms with Crippen LogP contribution in [-0.4, -0.2) is 14.5 Å². The molecule has 56 valence electrons. The number of rotatable bonds is 0. The number of anilines is 1. The minimum atomic E-state index is 0.183. The molecule has 0 aliphatic rings. The van der Waals surface area contributed by atoms with E-state index in [9.17, 15) is 0 Å². The lowest BCUT2D eigenvalue weighted by Gasteiger charge is -1.95. The van der Waals surface area contributed by atoms with Crippen LogP contribution in [0.15, 0.2) is 24.5 Å². The summed E-state index contributed by atoms with van der Waals surface area (Å²) in [4.78, 5) is 3.87. The maximum Gasteiger partial charge on any atom is 0.204 e. The summed E-state index contributed by atoms with van der Waals surface area (Å²) in [7, 11) is 0. The first kappa shape index (κ1) is 6.03. The number of nitrogen functional groups attached to an aromatic ring is 1. The normalized spacial score (nSPS) is 10.5. The third-order valence-corrected chi connectivity index (χ3v) is 1.54. The van der Waals surface area contributed by atoms with Gasteiger partial charge in [-0.3, -0.25) is 4.40 Å². The third kappa shape index (κ3) is 0.797. The smallest absolute Gasteiger partial charge is 0.204 e. The average Bonchev–Trinajstić information content (AvgIpc) is 2.33. The van der Waals surface area contributed by atoms with Crippen LogP contribution >= 0.6 is 0 Å². The van der Waals surface area contributed by atoms with E-state index in [4.69, 9.17) is 10.8 Å². The molecule has 0 aliphatic heterocycles. The summed E-state index contributed by atoms with van der Waals surface area (Å²) in [6.45, 7) is 0. The van der Waals surface area contributed by atoms with Crippen molar-refractivity contribution in [1.82, 2.24) is 9.38 Å². The fraction of sp³-hybridized carbons (Fsp3) is 0. The van der Waals surface area contributed by atoms with Crippen molar-refractivity contribution in [2.75, 3.05) is 5.73 Å². The van der Waals surface area contributed by atoms with Crippen molar-refractivity contribution in [3.63, 3.8) is 0 Å². The van der Waals surface area contributed by atoms with Crippen molar-refractivity contribution in [3.8, 4) is 5.75 Å². The highest BCUT2D eigenvalue weighted by atomic mass is 16.3. The van der Waals surface area contributed by atoms with Crippen LogP contribution < -0.4 is 5.73 Å². The standard InChI is InChI=1S/C7H7N3O/c8-7-9-3-5-1-2-6(11)4-10(5)7/h1-4,11H,(H2,8,9). The first-order valence-corrected chi connectivity index (χ1v) is 3.19. The Morgan fingerprint density at radius 1 is 1.45 bits per heavy atom. The van der Waals surface area contributed by atoms with Crippen LogP contribution in [0.5, 0.6) is 5.75 Å². The highest BCUT2D eigenvalue weighted by molar-refractivity contribution is 5.52. The van der Waals surface area contributed by atoms with Gasteiger partial charge in [0.15, 0.2) is 0 Å². The number of pyridine rings is 1. The number of aromatic nitrogens is 2. The summed E-state index contributed by atoms with van der Waals surface area (Å²) in [5.41, 5.74) is 6.36. The highest BCUT2D eigenvalue weighted by Gasteiger charge is 1.97. The van der Waals surface area contributed by atoms with E-state index in [0.29, 0.717) is 5.95 Å². The molecule has 0 fully saturated rings. The molecule has 0 aliphatic carbocycles. The zero-order chi connectivity index (χ0) is 7.84. The van der Waals surface area contributed by atoms with Gasteiger partial charge >= 0.3 is 0 Å². The molecule has 0 radical (unpaired) electrons. The first-order chi connectivity index (χ1) is 5.27. The summed E-state index contributed by atoms with van der Waals surface area (Å²) < 4.78 is 1.62. The molecule has 0 saturated heterocycles. The van der Waals surface area contributed by atoms with Gasteiger partial charge < -0.3 is 10.8 Å². The van der Waals surface area contributed by atoms with E-state index < -0.39 is 0 Å². The summed E-state index contributed by atoms with van der Waals surface area (Å²) in [5.74, 6) is 0.568. The molecule has 0 aromatic carbocycles. The zero-order valence-corrected chi connectivity index (χ0v) is 5.73. The molecule has 4 heteroatoms. The van der Waals surface area contributed by atoms with Crippen molar-refractivity contribution < 1.29 is 5.11 Å². The molecule has 2 aromatic heterocycles. The third-order valence-electron chi connectivity index (χ3n) is 1.54. The second-order valence-corrected chi connectivity index (χ2v) is 2.30. The Labute approximate surface area is 62.9 Å². The molecule has 0 amide bonds. The summed E-state index contributed by atoms with van der Waals surface area (Å²) >= 11 is 0. The molecule has 4 nitrogen and oxygen atoms in total. The Bertz CT molecular complexity index is 393. The second-order valence-electron chi connectivity index (χ2n) is 2.30. The number of hydrogen-bond donors (Lipinski definition) is 2. The SMILES string of the molecule is Nc1ncc2ccc(O)cn12. The van der Waals surface area contributed by atoms with Crippen LogP contribution in [0.2, 0.25) is 0 Å². The number of hydrogen-bond acceptors (Lipinski definition) is 3. The molecular formula is C7H7N3O. The molecule has 2 aromatic rings. The zero-order valence-electron chi connectivity index (χ0n) is 5.73. The molecule has 0 saturated carbocycles. The van der Waals surface area contributed by atoms with Gasteiger partial charge in [0.05, 0.1) is 17.9 Å². The lowest BCUT2D eigenvalue weighted by Crippen LogP contribution is -1.92. The van der Waals surface area contributed by atoms with Gasteiger partial charge in [0.25, 0.3) is 0 Å². The maximum atomic E-state index is 9.07. The monoisotopic (exact) mass is 149 g/mol. The van der Waals surface area contributed by atoms with E-state index in [-0.39, 0.29) is 5.75 Å². The molecule has 2 rings (SSSR count). The van der Waals surface area contributed by atoms with Gasteiger partial charge in [-0.1, -0.05) is 0 Å². The Morgan fingerprint density at radius 2 is 2.27 bits per heavy atom. The minimum Gasteiger partial charge on any atom is -0.506 e. The summed E-state index contributed by atoms with van der Waals surface area (Å²) in [6, 6.07) is 3.34. The largest absolute Gasteiger partial charge is 0.506 e. The summed E-state index contributed by atoms with van der Waals surface area (Å²) in [6.07, 6.45) is 3.17. The number of nitrogens with zero attached hydrogens (tertiary/aromatic N) is 2. The molecule has 11 heavy (non-hydrogen) atoms. The van der Waals surface area contributed by atoms with E-state index in [0.717, 1.165) is 5.52 Å². The van der Waals surface area contributed by atoms with Gasteiger partial charge in [-0.05, 0) is 12.1 Å². The van der Waals surface area contributed by atoms with Crippen LogP contribution in [0.25, 0.3) is 5.52 Å². The van der Waals surface area contributed by atoms with Crippen LogP contribution in [0.4, 0.5) is 5.95 Å². The topological polar surface area (TPSA) is 63.5 Å². The summed E-state index contributed by atoms with van der Waals surface area (Å²) in [5, 5.41) is 9.07. The lowest BCUT2D eigenvalue weighted by molar-refractivity contribution is 0.472. The van der Waals surface area contributed by atoms with Crippen LogP contribution in [0.3, 0.4) is 0 Å². The van der Waals surface area contributed by atoms with Crippen LogP contribution in [0.1, 0.15) is 0 Å². The minimum absolute atomic E-state index is 0.183. The molecule has 0 unspecified atom stereocenters. The van der Waals surface area contributed by atoms with Gasteiger partial charge in [-0.15, -0.1) is 0 Å². The molecule has 2 heterocycles. The molecule has 0 atom stereocenters. The average molecular weight is 149 g/mol. The predicted octanol–water partition coefficient (Wildman–Crippen LogP) is 0.622. The van der Waals surface area contributed by atoms with Crippen molar-refractivity contribution in [2.24, 2.45) is 0 Å². The van der Waals surface area contributed by atoms with E-state index >= 15 is 0 Å². The molecule has 0 spiro atoms. The Hall–Kier alpha value is -1.71. The first-order valence-electron chi connectivity index (χ1n) is 3.19. The second kappa shape index (κ2) is 1.88. The van der Waals surface area contributed by atoms with E-state index in [1.807, 2.05) is 0 Å². The predicted molar refractivity (Wildman–Crippen MR) is 41.3 cm³/mol. The van der Waals surface area contributed by atoms with Crippen molar-refractivity contribution >= 4 is 11.5 Å². The number of imidazole rings is 1. The Kier molecular flexibility index (Phi) is 1.03. The molecular weight excluding hydrogens is 142 g/mol.